The number of aliphatic imine (C=N–C) groups is 1. The second-order valence-electron chi connectivity index (χ2n) is 4.25. The smallest absolute Gasteiger partial charge is 0.191 e. The molecule has 0 radical (unpaired) electrons. The molecule has 1 aliphatic rings. The number of hydrogen-bond donors (Lipinski definition) is 2. The summed E-state index contributed by atoms with van der Waals surface area (Å²) in [4.78, 5) is 4.32. The fourth-order valence-electron chi connectivity index (χ4n) is 1.88. The van der Waals surface area contributed by atoms with Gasteiger partial charge in [0.05, 0.1) is 12.3 Å². The zero-order valence-electron chi connectivity index (χ0n) is 9.59. The lowest BCUT2D eigenvalue weighted by Gasteiger charge is -2.29. The van der Waals surface area contributed by atoms with Crippen LogP contribution < -0.4 is 5.43 Å². The maximum absolute atomic E-state index is 10.5. The molecule has 0 saturated heterocycles. The first-order valence-electron chi connectivity index (χ1n) is 5.41. The molecule has 0 spiro atoms. The van der Waals surface area contributed by atoms with E-state index in [1.807, 2.05) is 49.3 Å². The van der Waals surface area contributed by atoms with Crippen molar-refractivity contribution in [1.29, 1.82) is 0 Å². The molecular weight excluding hydrogens is 202 g/mol. The molecule has 86 valence electrons. The molecule has 2 rings (SSSR count). The molecule has 4 heteroatoms. The van der Waals surface area contributed by atoms with Crippen molar-refractivity contribution in [3.8, 4) is 0 Å². The predicted octanol–water partition coefficient (Wildman–Crippen LogP) is 0.741. The van der Waals surface area contributed by atoms with Crippen LogP contribution in [0.5, 0.6) is 0 Å². The monoisotopic (exact) mass is 219 g/mol. The lowest BCUT2D eigenvalue weighted by molar-refractivity contribution is 0.00499. The van der Waals surface area contributed by atoms with Gasteiger partial charge in [-0.3, -0.25) is 4.99 Å². The van der Waals surface area contributed by atoms with Crippen LogP contribution in [-0.2, 0) is 5.72 Å². The number of nitrogens with one attached hydrogen (secondary N) is 1. The van der Waals surface area contributed by atoms with E-state index in [2.05, 4.69) is 10.4 Å². The average Bonchev–Trinajstić information content (AvgIpc) is 2.40. The first-order valence-corrected chi connectivity index (χ1v) is 5.41. The lowest BCUT2D eigenvalue weighted by Crippen LogP contribution is -2.51. The molecule has 0 bridgehead atoms. The SMILES string of the molecule is CC1CN(C)NC(O)(c2ccccc2)C=N1. The highest BCUT2D eigenvalue weighted by molar-refractivity contribution is 5.70. The molecule has 1 heterocycles. The second-order valence-corrected chi connectivity index (χ2v) is 4.25. The topological polar surface area (TPSA) is 47.9 Å². The molecule has 2 atom stereocenters. The Morgan fingerprint density at radius 2 is 2.12 bits per heavy atom. The molecule has 4 nitrogen and oxygen atoms in total. The van der Waals surface area contributed by atoms with Crippen LogP contribution in [0.2, 0.25) is 0 Å². The molecule has 0 fully saturated rings. The Kier molecular flexibility index (Phi) is 3.05. The van der Waals surface area contributed by atoms with Gasteiger partial charge in [-0.2, -0.15) is 0 Å². The van der Waals surface area contributed by atoms with E-state index in [-0.39, 0.29) is 6.04 Å². The molecule has 0 saturated carbocycles. The van der Waals surface area contributed by atoms with Gasteiger partial charge in [-0.1, -0.05) is 30.3 Å². The highest BCUT2D eigenvalue weighted by Gasteiger charge is 2.30. The summed E-state index contributed by atoms with van der Waals surface area (Å²) in [7, 11) is 1.90. The molecule has 0 aromatic heterocycles. The Morgan fingerprint density at radius 3 is 2.81 bits per heavy atom. The number of hydrogen-bond acceptors (Lipinski definition) is 4. The molecule has 1 aromatic rings. The molecule has 2 unspecified atom stereocenters. The number of hydrazine groups is 1. The van der Waals surface area contributed by atoms with Crippen molar-refractivity contribution in [3.63, 3.8) is 0 Å². The van der Waals surface area contributed by atoms with Crippen LogP contribution in [0.1, 0.15) is 12.5 Å². The minimum Gasteiger partial charge on any atom is -0.366 e. The standard InChI is InChI=1S/C12H17N3O/c1-10-8-15(2)14-12(16,9-13-10)11-6-4-3-5-7-11/h3-7,9-10,14,16H,8H2,1-2H3. The van der Waals surface area contributed by atoms with E-state index in [1.54, 1.807) is 6.21 Å². The summed E-state index contributed by atoms with van der Waals surface area (Å²) in [6, 6.07) is 9.66. The number of rotatable bonds is 1. The van der Waals surface area contributed by atoms with Crippen molar-refractivity contribution in [2.45, 2.75) is 18.7 Å². The third-order valence-electron chi connectivity index (χ3n) is 2.63. The van der Waals surface area contributed by atoms with Gasteiger partial charge in [0.15, 0.2) is 5.72 Å². The van der Waals surface area contributed by atoms with Gasteiger partial charge in [0, 0.05) is 19.2 Å². The fraction of sp³-hybridized carbons (Fsp3) is 0.417. The number of likely N-dealkylation sites (N-methyl/N-ethyl adjacent to an activating group) is 1. The quantitative estimate of drug-likeness (QED) is 0.732. The molecule has 2 N–H and O–H groups in total. The predicted molar refractivity (Wildman–Crippen MR) is 64.1 cm³/mol. The first-order chi connectivity index (χ1) is 7.60. The number of aliphatic hydroxyl groups is 1. The molecule has 1 aliphatic heterocycles. The Morgan fingerprint density at radius 1 is 1.44 bits per heavy atom. The summed E-state index contributed by atoms with van der Waals surface area (Å²) >= 11 is 0. The van der Waals surface area contributed by atoms with Crippen LogP contribution in [0.4, 0.5) is 0 Å². The van der Waals surface area contributed by atoms with E-state index < -0.39 is 5.72 Å². The van der Waals surface area contributed by atoms with Crippen LogP contribution in [0, 0.1) is 0 Å². The van der Waals surface area contributed by atoms with E-state index in [0.717, 1.165) is 12.1 Å². The van der Waals surface area contributed by atoms with E-state index in [4.69, 9.17) is 0 Å². The summed E-state index contributed by atoms with van der Waals surface area (Å²) in [6.45, 7) is 2.79. The zero-order chi connectivity index (χ0) is 11.6. The molecule has 16 heavy (non-hydrogen) atoms. The summed E-state index contributed by atoms with van der Waals surface area (Å²) in [6.07, 6.45) is 1.58. The maximum Gasteiger partial charge on any atom is 0.191 e. The highest BCUT2D eigenvalue weighted by atomic mass is 16.3. The largest absolute Gasteiger partial charge is 0.366 e. The summed E-state index contributed by atoms with van der Waals surface area (Å²) in [5.74, 6) is 0. The van der Waals surface area contributed by atoms with Crippen molar-refractivity contribution in [3.05, 3.63) is 35.9 Å². The van der Waals surface area contributed by atoms with Gasteiger partial charge in [0.2, 0.25) is 0 Å². The van der Waals surface area contributed by atoms with Crippen LogP contribution in [0.25, 0.3) is 0 Å². The normalized spacial score (nSPS) is 31.3. The van der Waals surface area contributed by atoms with Gasteiger partial charge in [-0.15, -0.1) is 0 Å². The third kappa shape index (κ3) is 2.29. The van der Waals surface area contributed by atoms with Gasteiger partial charge in [0.25, 0.3) is 0 Å². The van der Waals surface area contributed by atoms with E-state index in [1.165, 1.54) is 0 Å². The van der Waals surface area contributed by atoms with Gasteiger partial charge < -0.3 is 5.11 Å². The Balaban J connectivity index is 2.33. The van der Waals surface area contributed by atoms with Crippen LogP contribution in [0.3, 0.4) is 0 Å². The molecular formula is C12H17N3O. The van der Waals surface area contributed by atoms with E-state index >= 15 is 0 Å². The highest BCUT2D eigenvalue weighted by Crippen LogP contribution is 2.18. The molecule has 0 amide bonds. The van der Waals surface area contributed by atoms with Crippen molar-refractivity contribution < 1.29 is 5.11 Å². The van der Waals surface area contributed by atoms with Gasteiger partial charge in [-0.05, 0) is 6.92 Å². The van der Waals surface area contributed by atoms with Crippen molar-refractivity contribution in [2.24, 2.45) is 4.99 Å². The fourth-order valence-corrected chi connectivity index (χ4v) is 1.88. The number of nitrogens with zero attached hydrogens (tertiary/aromatic N) is 2. The minimum atomic E-state index is -1.21. The molecule has 0 aliphatic carbocycles. The van der Waals surface area contributed by atoms with Crippen LogP contribution in [0.15, 0.2) is 35.3 Å². The van der Waals surface area contributed by atoms with Crippen molar-refractivity contribution in [1.82, 2.24) is 10.4 Å². The van der Waals surface area contributed by atoms with E-state index in [0.29, 0.717) is 0 Å². The zero-order valence-corrected chi connectivity index (χ0v) is 9.59. The van der Waals surface area contributed by atoms with E-state index in [9.17, 15) is 5.11 Å². The Hall–Kier alpha value is -1.23. The summed E-state index contributed by atoms with van der Waals surface area (Å²) < 4.78 is 0. The van der Waals surface area contributed by atoms with Gasteiger partial charge in [-0.25, -0.2) is 10.4 Å². The summed E-state index contributed by atoms with van der Waals surface area (Å²) in [5, 5.41) is 12.4. The third-order valence-corrected chi connectivity index (χ3v) is 2.63. The minimum absolute atomic E-state index is 0.176. The van der Waals surface area contributed by atoms with Gasteiger partial charge >= 0.3 is 0 Å². The summed E-state index contributed by atoms with van der Waals surface area (Å²) in [5.41, 5.74) is 2.63. The number of benzene rings is 1. The average molecular weight is 219 g/mol. The lowest BCUT2D eigenvalue weighted by atomic mass is 10.1. The van der Waals surface area contributed by atoms with Crippen LogP contribution >= 0.6 is 0 Å². The van der Waals surface area contributed by atoms with Crippen LogP contribution in [-0.4, -0.2) is 36.0 Å². The Labute approximate surface area is 95.6 Å². The maximum atomic E-state index is 10.5. The Bertz CT molecular complexity index is 379. The van der Waals surface area contributed by atoms with Crippen molar-refractivity contribution in [2.75, 3.05) is 13.6 Å². The second kappa shape index (κ2) is 4.33. The first kappa shape index (κ1) is 11.3. The van der Waals surface area contributed by atoms with Crippen molar-refractivity contribution >= 4 is 6.21 Å². The van der Waals surface area contributed by atoms with Gasteiger partial charge in [0.1, 0.15) is 0 Å². The molecule has 1 aromatic carbocycles.